The Kier molecular flexibility index (Phi) is 4.76. The summed E-state index contributed by atoms with van der Waals surface area (Å²) in [6.07, 6.45) is 2.33. The molecule has 0 aliphatic rings. The molecule has 0 spiro atoms. The van der Waals surface area contributed by atoms with E-state index < -0.39 is 0 Å². The van der Waals surface area contributed by atoms with Gasteiger partial charge in [-0.05, 0) is 30.1 Å². The number of ether oxygens (including phenoxy) is 1. The fraction of sp³-hybridized carbons (Fsp3) is 0.462. The van der Waals surface area contributed by atoms with Gasteiger partial charge in [-0.15, -0.1) is 0 Å². The van der Waals surface area contributed by atoms with Crippen molar-refractivity contribution >= 4 is 27.4 Å². The van der Waals surface area contributed by atoms with Crippen molar-refractivity contribution in [1.29, 1.82) is 0 Å². The molecule has 92 valence electrons. The lowest BCUT2D eigenvalue weighted by atomic mass is 10.2. The zero-order valence-corrected chi connectivity index (χ0v) is 10.9. The van der Waals surface area contributed by atoms with Crippen molar-refractivity contribution in [3.8, 4) is 0 Å². The molecule has 1 heterocycles. The number of hydrogen-bond donors (Lipinski definition) is 1. The summed E-state index contributed by atoms with van der Waals surface area (Å²) < 4.78 is 9.89. The number of unbranched alkanes of at least 4 members (excludes halogenated alkanes) is 1. The van der Waals surface area contributed by atoms with E-state index in [2.05, 4.69) is 22.7 Å². The first-order valence-electron chi connectivity index (χ1n) is 6.08. The molecule has 3 nitrogen and oxygen atoms in total. The lowest BCUT2D eigenvalue weighted by molar-refractivity contribution is 0.141. The number of anilines is 1. The molecule has 0 atom stereocenters. The number of benzene rings is 1. The summed E-state index contributed by atoms with van der Waals surface area (Å²) in [5.41, 5.74) is 1.06. The van der Waals surface area contributed by atoms with Crippen molar-refractivity contribution in [1.82, 2.24) is 4.37 Å². The third-order valence-electron chi connectivity index (χ3n) is 2.56. The van der Waals surface area contributed by atoms with Crippen molar-refractivity contribution in [3.63, 3.8) is 0 Å². The van der Waals surface area contributed by atoms with Gasteiger partial charge in [-0.25, -0.2) is 0 Å². The molecule has 0 aliphatic heterocycles. The zero-order valence-electron chi connectivity index (χ0n) is 10.1. The van der Waals surface area contributed by atoms with E-state index >= 15 is 0 Å². The molecule has 4 heteroatoms. The van der Waals surface area contributed by atoms with Gasteiger partial charge in [-0.3, -0.25) is 0 Å². The lowest BCUT2D eigenvalue weighted by Gasteiger charge is -2.05. The zero-order chi connectivity index (χ0) is 11.9. The number of hydrogen-bond acceptors (Lipinski definition) is 4. The van der Waals surface area contributed by atoms with Gasteiger partial charge >= 0.3 is 0 Å². The molecule has 1 aromatic carbocycles. The van der Waals surface area contributed by atoms with Crippen LogP contribution in [-0.4, -0.2) is 24.1 Å². The summed E-state index contributed by atoms with van der Waals surface area (Å²) in [5.74, 6) is 0. The minimum absolute atomic E-state index is 0.756. The maximum absolute atomic E-state index is 5.51. The summed E-state index contributed by atoms with van der Waals surface area (Å²) in [4.78, 5) is 0. The van der Waals surface area contributed by atoms with Gasteiger partial charge < -0.3 is 10.1 Å². The van der Waals surface area contributed by atoms with E-state index in [1.54, 1.807) is 0 Å². The van der Waals surface area contributed by atoms with Gasteiger partial charge in [0.25, 0.3) is 0 Å². The predicted molar refractivity (Wildman–Crippen MR) is 73.8 cm³/mol. The topological polar surface area (TPSA) is 34.1 Å². The van der Waals surface area contributed by atoms with Crippen molar-refractivity contribution in [2.24, 2.45) is 0 Å². The SMILES string of the molecule is CCCCOCCNc1snc2ccccc12. The van der Waals surface area contributed by atoms with Crippen molar-refractivity contribution in [2.45, 2.75) is 19.8 Å². The summed E-state index contributed by atoms with van der Waals surface area (Å²) in [5, 5.41) is 5.71. The molecular formula is C13H18N2OS. The minimum atomic E-state index is 0.756. The Morgan fingerprint density at radius 1 is 1.29 bits per heavy atom. The van der Waals surface area contributed by atoms with Crippen molar-refractivity contribution in [2.75, 3.05) is 25.1 Å². The molecule has 2 aromatic rings. The van der Waals surface area contributed by atoms with Crippen LogP contribution in [0.2, 0.25) is 0 Å². The maximum atomic E-state index is 5.51. The van der Waals surface area contributed by atoms with Gasteiger partial charge in [0.2, 0.25) is 0 Å². The monoisotopic (exact) mass is 250 g/mol. The standard InChI is InChI=1S/C13H18N2OS/c1-2-3-9-16-10-8-14-13-11-6-4-5-7-12(11)15-17-13/h4-7,14H,2-3,8-10H2,1H3. The lowest BCUT2D eigenvalue weighted by Crippen LogP contribution is -2.09. The Labute approximate surface area is 106 Å². The molecular weight excluding hydrogens is 232 g/mol. The Morgan fingerprint density at radius 3 is 3.06 bits per heavy atom. The average molecular weight is 250 g/mol. The van der Waals surface area contributed by atoms with Crippen LogP contribution in [-0.2, 0) is 4.74 Å². The second kappa shape index (κ2) is 6.57. The van der Waals surface area contributed by atoms with E-state index in [1.807, 2.05) is 18.2 Å². The van der Waals surface area contributed by atoms with Crippen LogP contribution >= 0.6 is 11.5 Å². The highest BCUT2D eigenvalue weighted by molar-refractivity contribution is 7.11. The number of nitrogens with zero attached hydrogens (tertiary/aromatic N) is 1. The Balaban J connectivity index is 1.79. The average Bonchev–Trinajstić information content (AvgIpc) is 2.77. The van der Waals surface area contributed by atoms with Crippen LogP contribution in [0, 0.1) is 0 Å². The van der Waals surface area contributed by atoms with Crippen LogP contribution in [0.1, 0.15) is 19.8 Å². The molecule has 0 radical (unpaired) electrons. The van der Waals surface area contributed by atoms with Crippen LogP contribution in [0.25, 0.3) is 10.9 Å². The molecule has 0 amide bonds. The largest absolute Gasteiger partial charge is 0.380 e. The van der Waals surface area contributed by atoms with Gasteiger partial charge in [0.15, 0.2) is 0 Å². The summed E-state index contributed by atoms with van der Waals surface area (Å²) >= 11 is 1.51. The van der Waals surface area contributed by atoms with E-state index in [1.165, 1.54) is 23.3 Å². The number of aromatic nitrogens is 1. The van der Waals surface area contributed by atoms with E-state index in [-0.39, 0.29) is 0 Å². The smallest absolute Gasteiger partial charge is 0.117 e. The first-order valence-corrected chi connectivity index (χ1v) is 6.85. The molecule has 1 N–H and O–H groups in total. The Morgan fingerprint density at radius 2 is 2.18 bits per heavy atom. The van der Waals surface area contributed by atoms with E-state index in [9.17, 15) is 0 Å². The van der Waals surface area contributed by atoms with Crippen LogP contribution in [0.3, 0.4) is 0 Å². The highest BCUT2D eigenvalue weighted by atomic mass is 32.1. The minimum Gasteiger partial charge on any atom is -0.380 e. The van der Waals surface area contributed by atoms with Gasteiger partial charge in [0, 0.05) is 18.5 Å². The first-order chi connectivity index (χ1) is 8.42. The van der Waals surface area contributed by atoms with Crippen LogP contribution in [0.4, 0.5) is 5.00 Å². The number of nitrogens with one attached hydrogen (secondary N) is 1. The predicted octanol–water partition coefficient (Wildman–Crippen LogP) is 3.52. The molecule has 2 rings (SSSR count). The molecule has 1 aromatic heterocycles. The second-order valence-corrected chi connectivity index (χ2v) is 4.69. The van der Waals surface area contributed by atoms with Crippen molar-refractivity contribution in [3.05, 3.63) is 24.3 Å². The molecule has 0 unspecified atom stereocenters. The molecule has 0 aliphatic carbocycles. The van der Waals surface area contributed by atoms with Gasteiger partial charge in [-0.1, -0.05) is 25.5 Å². The number of rotatable bonds is 7. The molecule has 0 fully saturated rings. The summed E-state index contributed by atoms with van der Waals surface area (Å²) in [6.45, 7) is 4.63. The summed E-state index contributed by atoms with van der Waals surface area (Å²) in [7, 11) is 0. The molecule has 0 bridgehead atoms. The third kappa shape index (κ3) is 3.41. The fourth-order valence-corrected chi connectivity index (χ4v) is 2.39. The maximum Gasteiger partial charge on any atom is 0.117 e. The second-order valence-electron chi connectivity index (χ2n) is 3.92. The Hall–Kier alpha value is -1.13. The van der Waals surface area contributed by atoms with Gasteiger partial charge in [0.1, 0.15) is 5.00 Å². The first kappa shape index (κ1) is 12.3. The Bertz CT molecular complexity index is 455. The van der Waals surface area contributed by atoms with Gasteiger partial charge in [-0.2, -0.15) is 4.37 Å². The normalized spacial score (nSPS) is 10.9. The molecule has 0 saturated carbocycles. The third-order valence-corrected chi connectivity index (χ3v) is 3.39. The summed E-state index contributed by atoms with van der Waals surface area (Å²) in [6, 6.07) is 8.19. The highest BCUT2D eigenvalue weighted by Crippen LogP contribution is 2.26. The molecule has 0 saturated heterocycles. The number of fused-ring (bicyclic) bond motifs is 1. The quantitative estimate of drug-likeness (QED) is 0.763. The van der Waals surface area contributed by atoms with Crippen LogP contribution in [0.5, 0.6) is 0 Å². The van der Waals surface area contributed by atoms with E-state index in [4.69, 9.17) is 4.74 Å². The van der Waals surface area contributed by atoms with Crippen LogP contribution < -0.4 is 5.32 Å². The molecule has 17 heavy (non-hydrogen) atoms. The highest BCUT2D eigenvalue weighted by Gasteiger charge is 2.03. The van der Waals surface area contributed by atoms with E-state index in [0.29, 0.717) is 0 Å². The van der Waals surface area contributed by atoms with Crippen LogP contribution in [0.15, 0.2) is 24.3 Å². The van der Waals surface area contributed by atoms with Crippen molar-refractivity contribution < 1.29 is 4.74 Å². The van der Waals surface area contributed by atoms with Gasteiger partial charge in [0.05, 0.1) is 12.1 Å². The fourth-order valence-electron chi connectivity index (χ4n) is 1.60. The van der Waals surface area contributed by atoms with E-state index in [0.717, 1.165) is 36.7 Å².